The Kier molecular flexibility index (Phi) is 7.54. The van der Waals surface area contributed by atoms with E-state index in [4.69, 9.17) is 14.7 Å². The van der Waals surface area contributed by atoms with Crippen LogP contribution in [0.1, 0.15) is 32.9 Å². The highest BCUT2D eigenvalue weighted by molar-refractivity contribution is 6.33. The zero-order chi connectivity index (χ0) is 37.9. The second-order valence-corrected chi connectivity index (χ2v) is 14.2. The minimum absolute atomic E-state index is 0.416. The molecule has 0 unspecified atom stereocenters. The van der Waals surface area contributed by atoms with Crippen LogP contribution < -0.4 is 4.74 Å². The number of carbonyl (C=O) groups excluding carboxylic acids is 1. The number of ether oxygens (including phenoxy) is 1. The van der Waals surface area contributed by atoms with E-state index < -0.39 is 5.97 Å². The minimum Gasteiger partial charge on any atom is -0.420 e. The first-order valence-corrected chi connectivity index (χ1v) is 19.0. The number of benzene rings is 6. The molecule has 0 fully saturated rings. The van der Waals surface area contributed by atoms with Gasteiger partial charge in [-0.1, -0.05) is 133 Å². The van der Waals surface area contributed by atoms with Crippen molar-refractivity contribution in [3.63, 3.8) is 0 Å². The zero-order valence-corrected chi connectivity index (χ0v) is 30.5. The Balaban J connectivity index is 1.30. The highest BCUT2D eigenvalue weighted by Crippen LogP contribution is 2.49. The molecule has 6 aromatic carbocycles. The van der Waals surface area contributed by atoms with Gasteiger partial charge >= 0.3 is 5.97 Å². The first kappa shape index (κ1) is 32.6. The maximum absolute atomic E-state index is 14.2. The molecule has 0 aliphatic carbocycles. The number of aromatic nitrogens is 2. The molecule has 0 radical (unpaired) electrons. The molecule has 3 aliphatic rings. The van der Waals surface area contributed by atoms with E-state index in [0.29, 0.717) is 22.7 Å². The molecule has 5 heterocycles. The summed E-state index contributed by atoms with van der Waals surface area (Å²) in [6, 6.07) is 52.8. The predicted octanol–water partition coefficient (Wildman–Crippen LogP) is 11.8. The maximum Gasteiger partial charge on any atom is 0.343 e. The molecular weight excluding hydrogens is 701 g/mol. The van der Waals surface area contributed by atoms with Crippen molar-refractivity contribution in [2.24, 2.45) is 9.98 Å². The summed E-state index contributed by atoms with van der Waals surface area (Å²) in [5.74, 6) is -0.0401. The van der Waals surface area contributed by atoms with Crippen LogP contribution >= 0.6 is 0 Å². The van der Waals surface area contributed by atoms with E-state index in [2.05, 4.69) is 107 Å². The molecule has 6 heteroatoms. The van der Waals surface area contributed by atoms with Crippen molar-refractivity contribution >= 4 is 50.2 Å². The van der Waals surface area contributed by atoms with Gasteiger partial charge in [-0.05, 0) is 76.0 Å². The number of fused-ring (bicyclic) bond motifs is 9. The Bertz CT molecular complexity index is 3120. The van der Waals surface area contributed by atoms with Crippen LogP contribution in [0.4, 0.5) is 0 Å². The molecule has 2 N–H and O–H groups in total. The van der Waals surface area contributed by atoms with Crippen molar-refractivity contribution in [3.05, 3.63) is 222 Å². The Morgan fingerprint density at radius 3 is 1.68 bits per heavy atom. The number of hydrogen-bond acceptors (Lipinski definition) is 4. The fourth-order valence-corrected chi connectivity index (χ4v) is 8.34. The minimum atomic E-state index is -0.457. The molecule has 0 saturated carbocycles. The number of hydrogen-bond donors (Lipinski definition) is 2. The summed E-state index contributed by atoms with van der Waals surface area (Å²) >= 11 is 0. The quantitative estimate of drug-likeness (QED) is 0.173. The van der Waals surface area contributed by atoms with Crippen molar-refractivity contribution in [2.75, 3.05) is 0 Å². The van der Waals surface area contributed by atoms with Gasteiger partial charge in [0.25, 0.3) is 0 Å². The van der Waals surface area contributed by atoms with Crippen LogP contribution in [-0.4, -0.2) is 27.4 Å². The standard InChI is InChI=1S/C51H32N4O2/c56-51(34-21-11-4-12-22-34)57-50-47-43(31-15-5-1-6-16-31)35-23-13-14-24-36(35)46-41-28-27-39(53-41)44(32-17-7-2-8-18-32)37-25-26-38(52-37)45(33-19-9-3-10-20-33)40-29-30-42(54-40)48(50)55-49(46)47/h1-30,53,55H. The molecule has 6 nitrogen and oxygen atoms in total. The van der Waals surface area contributed by atoms with E-state index in [9.17, 15) is 4.79 Å². The van der Waals surface area contributed by atoms with Crippen LogP contribution in [0, 0.1) is 0 Å². The third kappa shape index (κ3) is 5.38. The summed E-state index contributed by atoms with van der Waals surface area (Å²) in [6.45, 7) is 0. The summed E-state index contributed by atoms with van der Waals surface area (Å²) in [7, 11) is 0. The Hall–Kier alpha value is -7.83. The molecule has 0 atom stereocenters. The Morgan fingerprint density at radius 2 is 1.00 bits per heavy atom. The van der Waals surface area contributed by atoms with Crippen LogP contribution in [0.15, 0.2) is 203 Å². The number of esters is 1. The van der Waals surface area contributed by atoms with Crippen molar-refractivity contribution in [2.45, 2.75) is 0 Å². The number of rotatable bonds is 5. The lowest BCUT2D eigenvalue weighted by Crippen LogP contribution is -2.10. The van der Waals surface area contributed by atoms with E-state index in [0.717, 1.165) is 89.1 Å². The molecule has 3 aliphatic heterocycles. The molecule has 268 valence electrons. The SMILES string of the molecule is O=C(Oc1c2[nH]c3c(c4ccccc4c(-c4ccccc4)c13)-c1ccc([nH]1)C(c1ccccc1)=C1C=CC(=N1)C(c1ccccc1)=C1C=CC2=N1)c1ccccc1. The van der Waals surface area contributed by atoms with Crippen LogP contribution in [0.3, 0.4) is 0 Å². The molecule has 0 amide bonds. The average Bonchev–Trinajstić information content (AvgIpc) is 4.10. The first-order chi connectivity index (χ1) is 28.2. The predicted molar refractivity (Wildman–Crippen MR) is 231 cm³/mol. The molecular formula is C51H32N4O2. The molecule has 2 aromatic heterocycles. The van der Waals surface area contributed by atoms with Gasteiger partial charge in [0.1, 0.15) is 5.69 Å². The third-order valence-corrected chi connectivity index (χ3v) is 10.8. The Labute approximate surface area is 328 Å². The zero-order valence-electron chi connectivity index (χ0n) is 30.5. The van der Waals surface area contributed by atoms with Gasteiger partial charge in [0.15, 0.2) is 5.75 Å². The van der Waals surface area contributed by atoms with E-state index >= 15 is 0 Å². The smallest absolute Gasteiger partial charge is 0.343 e. The van der Waals surface area contributed by atoms with E-state index in [1.165, 1.54) is 0 Å². The largest absolute Gasteiger partial charge is 0.420 e. The van der Waals surface area contributed by atoms with E-state index in [-0.39, 0.29) is 0 Å². The fraction of sp³-hybridized carbons (Fsp3) is 0. The van der Waals surface area contributed by atoms with Crippen LogP contribution in [0.5, 0.6) is 5.75 Å². The third-order valence-electron chi connectivity index (χ3n) is 10.8. The topological polar surface area (TPSA) is 82.6 Å². The lowest BCUT2D eigenvalue weighted by atomic mass is 9.90. The van der Waals surface area contributed by atoms with Crippen molar-refractivity contribution in [1.82, 2.24) is 9.97 Å². The number of nitrogens with zero attached hydrogens (tertiary/aromatic N) is 2. The molecule has 11 rings (SSSR count). The van der Waals surface area contributed by atoms with Gasteiger partial charge in [-0.3, -0.25) is 0 Å². The monoisotopic (exact) mass is 732 g/mol. The highest BCUT2D eigenvalue weighted by atomic mass is 16.5. The molecule has 0 saturated heterocycles. The van der Waals surface area contributed by atoms with Crippen LogP contribution in [-0.2, 0) is 0 Å². The number of nitrogens with one attached hydrogen (secondary N) is 2. The number of allylic oxidation sites excluding steroid dienone is 5. The van der Waals surface area contributed by atoms with Gasteiger partial charge in [-0.2, -0.15) is 0 Å². The van der Waals surface area contributed by atoms with Gasteiger partial charge in [-0.15, -0.1) is 0 Å². The molecule has 8 aromatic rings. The lowest BCUT2D eigenvalue weighted by molar-refractivity contribution is 0.0737. The highest BCUT2D eigenvalue weighted by Gasteiger charge is 2.30. The van der Waals surface area contributed by atoms with E-state index in [1.807, 2.05) is 72.8 Å². The second-order valence-electron chi connectivity index (χ2n) is 14.2. The van der Waals surface area contributed by atoms with Gasteiger partial charge in [0, 0.05) is 33.7 Å². The van der Waals surface area contributed by atoms with Gasteiger partial charge in [0.05, 0.1) is 39.3 Å². The molecule has 0 spiro atoms. The lowest BCUT2D eigenvalue weighted by Gasteiger charge is -2.16. The number of H-pyrrole nitrogens is 2. The second kappa shape index (κ2) is 13.2. The number of carbonyl (C=O) groups is 1. The van der Waals surface area contributed by atoms with Crippen molar-refractivity contribution in [1.29, 1.82) is 0 Å². The summed E-state index contributed by atoms with van der Waals surface area (Å²) in [4.78, 5) is 32.5. The average molecular weight is 733 g/mol. The van der Waals surface area contributed by atoms with Crippen LogP contribution in [0.2, 0.25) is 0 Å². The summed E-state index contributed by atoms with van der Waals surface area (Å²) in [5.41, 5.74) is 13.6. The van der Waals surface area contributed by atoms with Crippen molar-refractivity contribution in [3.8, 4) is 28.1 Å². The fourth-order valence-electron chi connectivity index (χ4n) is 8.34. The van der Waals surface area contributed by atoms with Gasteiger partial charge < -0.3 is 14.7 Å². The summed E-state index contributed by atoms with van der Waals surface area (Å²) in [5, 5.41) is 2.86. The normalized spacial score (nSPS) is 14.3. The van der Waals surface area contributed by atoms with Gasteiger partial charge in [-0.25, -0.2) is 14.8 Å². The number of aromatic amines is 2. The van der Waals surface area contributed by atoms with E-state index in [1.54, 1.807) is 12.1 Å². The summed E-state index contributed by atoms with van der Waals surface area (Å²) < 4.78 is 6.61. The Morgan fingerprint density at radius 1 is 0.474 bits per heavy atom. The molecule has 8 bridgehead atoms. The van der Waals surface area contributed by atoms with Crippen LogP contribution in [0.25, 0.3) is 55.2 Å². The van der Waals surface area contributed by atoms with Crippen molar-refractivity contribution < 1.29 is 9.53 Å². The summed E-state index contributed by atoms with van der Waals surface area (Å²) in [6.07, 6.45) is 8.19. The first-order valence-electron chi connectivity index (χ1n) is 19.0. The maximum atomic E-state index is 14.2. The van der Waals surface area contributed by atoms with Gasteiger partial charge in [0.2, 0.25) is 0 Å². The molecule has 57 heavy (non-hydrogen) atoms. The number of aliphatic imine (C=N–C) groups is 2.